The lowest BCUT2D eigenvalue weighted by Crippen LogP contribution is -2.46. The summed E-state index contributed by atoms with van der Waals surface area (Å²) >= 11 is 0. The first-order chi connectivity index (χ1) is 13.7. The van der Waals surface area contributed by atoms with Gasteiger partial charge in [-0.15, -0.1) is 0 Å². The van der Waals surface area contributed by atoms with Gasteiger partial charge in [0.15, 0.2) is 11.5 Å². The molecular formula is C22H25FN2O3. The number of likely N-dealkylation sites (tertiary alicyclic amines) is 1. The van der Waals surface area contributed by atoms with Crippen LogP contribution in [-0.2, 0) is 11.3 Å². The molecular weight excluding hydrogens is 359 g/mol. The molecule has 0 spiro atoms. The van der Waals surface area contributed by atoms with Crippen molar-refractivity contribution in [3.8, 4) is 11.5 Å². The molecule has 0 radical (unpaired) electrons. The van der Waals surface area contributed by atoms with Crippen LogP contribution in [0.3, 0.4) is 0 Å². The van der Waals surface area contributed by atoms with Gasteiger partial charge in [0.05, 0.1) is 12.5 Å². The zero-order valence-electron chi connectivity index (χ0n) is 15.8. The number of fused-ring (bicyclic) bond motifs is 1. The molecule has 28 heavy (non-hydrogen) atoms. The Kier molecular flexibility index (Phi) is 5.76. The number of amides is 1. The van der Waals surface area contributed by atoms with E-state index < -0.39 is 0 Å². The third-order valence-corrected chi connectivity index (χ3v) is 5.27. The summed E-state index contributed by atoms with van der Waals surface area (Å²) in [6.45, 7) is 3.27. The molecule has 2 unspecified atom stereocenters. The van der Waals surface area contributed by atoms with Crippen LogP contribution in [0.1, 0.15) is 18.4 Å². The Morgan fingerprint density at radius 2 is 1.93 bits per heavy atom. The number of ether oxygens (including phenoxy) is 2. The summed E-state index contributed by atoms with van der Waals surface area (Å²) in [6.07, 6.45) is 1.68. The number of halogens is 1. The lowest BCUT2D eigenvalue weighted by Gasteiger charge is -2.32. The number of carbonyl (C=O) groups is 1. The second-order valence-electron chi connectivity index (χ2n) is 7.44. The molecule has 5 nitrogen and oxygen atoms in total. The number of hydrogen-bond acceptors (Lipinski definition) is 4. The van der Waals surface area contributed by atoms with Gasteiger partial charge in [-0.25, -0.2) is 4.39 Å². The van der Waals surface area contributed by atoms with Gasteiger partial charge < -0.3 is 14.8 Å². The van der Waals surface area contributed by atoms with Crippen LogP contribution in [0.25, 0.3) is 0 Å². The number of hydrogen-bond donors (Lipinski definition) is 1. The van der Waals surface area contributed by atoms with Crippen LogP contribution < -0.4 is 14.8 Å². The summed E-state index contributed by atoms with van der Waals surface area (Å²) in [7, 11) is 0. The van der Waals surface area contributed by atoms with Crippen LogP contribution in [-0.4, -0.2) is 43.2 Å². The maximum absolute atomic E-state index is 13.1. The topological polar surface area (TPSA) is 50.8 Å². The average Bonchev–Trinajstić information content (AvgIpc) is 2.74. The first kappa shape index (κ1) is 18.7. The average molecular weight is 384 g/mol. The van der Waals surface area contributed by atoms with Crippen LogP contribution in [0.2, 0.25) is 0 Å². The van der Waals surface area contributed by atoms with E-state index in [1.165, 1.54) is 12.1 Å². The van der Waals surface area contributed by atoms with E-state index in [9.17, 15) is 9.18 Å². The molecule has 0 bridgehead atoms. The SMILES string of the molecule is O=C(NCC1COc2ccccc2O1)C1CCCN(Cc2ccc(F)cc2)C1. The van der Waals surface area contributed by atoms with Crippen molar-refractivity contribution in [3.05, 3.63) is 59.9 Å². The second-order valence-corrected chi connectivity index (χ2v) is 7.44. The third-order valence-electron chi connectivity index (χ3n) is 5.27. The largest absolute Gasteiger partial charge is 0.486 e. The number of benzene rings is 2. The fourth-order valence-corrected chi connectivity index (χ4v) is 3.78. The van der Waals surface area contributed by atoms with Crippen molar-refractivity contribution in [2.45, 2.75) is 25.5 Å². The van der Waals surface area contributed by atoms with E-state index in [-0.39, 0.29) is 23.7 Å². The maximum atomic E-state index is 13.1. The molecule has 2 aliphatic heterocycles. The Morgan fingerprint density at radius 1 is 1.14 bits per heavy atom. The van der Waals surface area contributed by atoms with Crippen molar-refractivity contribution in [2.24, 2.45) is 5.92 Å². The number of para-hydroxylation sites is 2. The molecule has 4 rings (SSSR count). The highest BCUT2D eigenvalue weighted by Gasteiger charge is 2.27. The molecule has 1 saturated heterocycles. The van der Waals surface area contributed by atoms with Gasteiger partial charge in [0.25, 0.3) is 0 Å². The van der Waals surface area contributed by atoms with Gasteiger partial charge in [0.1, 0.15) is 18.5 Å². The summed E-state index contributed by atoms with van der Waals surface area (Å²) in [6, 6.07) is 14.1. The van der Waals surface area contributed by atoms with Gasteiger partial charge in [-0.2, -0.15) is 0 Å². The molecule has 6 heteroatoms. The summed E-state index contributed by atoms with van der Waals surface area (Å²) in [5.41, 5.74) is 1.06. The number of rotatable bonds is 5. The lowest BCUT2D eigenvalue weighted by atomic mass is 9.96. The molecule has 2 aromatic carbocycles. The lowest BCUT2D eigenvalue weighted by molar-refractivity contribution is -0.127. The first-order valence-electron chi connectivity index (χ1n) is 9.80. The van der Waals surface area contributed by atoms with E-state index in [0.717, 1.165) is 43.0 Å². The van der Waals surface area contributed by atoms with Gasteiger partial charge in [0, 0.05) is 13.1 Å². The Balaban J connectivity index is 1.26. The molecule has 0 saturated carbocycles. The molecule has 148 valence electrons. The molecule has 2 aliphatic rings. The van der Waals surface area contributed by atoms with E-state index in [1.54, 1.807) is 12.1 Å². The van der Waals surface area contributed by atoms with Gasteiger partial charge in [0.2, 0.25) is 5.91 Å². The number of carbonyl (C=O) groups excluding carboxylic acids is 1. The molecule has 0 aromatic heterocycles. The van der Waals surface area contributed by atoms with Crippen LogP contribution in [0.15, 0.2) is 48.5 Å². The zero-order chi connectivity index (χ0) is 19.3. The maximum Gasteiger partial charge on any atom is 0.224 e. The fourth-order valence-electron chi connectivity index (χ4n) is 3.78. The highest BCUT2D eigenvalue weighted by atomic mass is 19.1. The Labute approximate surface area is 164 Å². The van der Waals surface area contributed by atoms with E-state index in [4.69, 9.17) is 9.47 Å². The smallest absolute Gasteiger partial charge is 0.224 e. The highest BCUT2D eigenvalue weighted by molar-refractivity contribution is 5.79. The first-order valence-corrected chi connectivity index (χ1v) is 9.80. The molecule has 2 aromatic rings. The van der Waals surface area contributed by atoms with Gasteiger partial charge in [-0.1, -0.05) is 24.3 Å². The summed E-state index contributed by atoms with van der Waals surface area (Å²) in [5.74, 6) is 1.26. The van der Waals surface area contributed by atoms with Crippen molar-refractivity contribution >= 4 is 5.91 Å². The minimum absolute atomic E-state index is 0.0361. The minimum Gasteiger partial charge on any atom is -0.486 e. The Bertz CT molecular complexity index is 812. The predicted octanol–water partition coefficient (Wildman–Crippen LogP) is 2.99. The number of nitrogens with one attached hydrogen (secondary N) is 1. The Morgan fingerprint density at radius 3 is 2.75 bits per heavy atom. The number of nitrogens with zero attached hydrogens (tertiary/aromatic N) is 1. The number of piperidine rings is 1. The van der Waals surface area contributed by atoms with Crippen molar-refractivity contribution in [1.29, 1.82) is 0 Å². The predicted molar refractivity (Wildman–Crippen MR) is 104 cm³/mol. The Hall–Kier alpha value is -2.60. The molecule has 1 fully saturated rings. The molecule has 2 atom stereocenters. The van der Waals surface area contributed by atoms with E-state index >= 15 is 0 Å². The summed E-state index contributed by atoms with van der Waals surface area (Å²) < 4.78 is 24.7. The van der Waals surface area contributed by atoms with Crippen LogP contribution in [0, 0.1) is 11.7 Å². The van der Waals surface area contributed by atoms with Crippen LogP contribution >= 0.6 is 0 Å². The molecule has 0 aliphatic carbocycles. The molecule has 1 amide bonds. The zero-order valence-corrected chi connectivity index (χ0v) is 15.8. The van der Waals surface area contributed by atoms with Gasteiger partial charge >= 0.3 is 0 Å². The van der Waals surface area contributed by atoms with E-state index in [1.807, 2.05) is 24.3 Å². The van der Waals surface area contributed by atoms with Gasteiger partial charge in [-0.05, 0) is 49.2 Å². The van der Waals surface area contributed by atoms with Crippen molar-refractivity contribution in [3.63, 3.8) is 0 Å². The quantitative estimate of drug-likeness (QED) is 0.861. The highest BCUT2D eigenvalue weighted by Crippen LogP contribution is 2.30. The minimum atomic E-state index is -0.226. The standard InChI is InChI=1S/C22H25FN2O3/c23-18-9-7-16(8-10-18)13-25-11-3-4-17(14-25)22(26)24-12-19-15-27-20-5-1-2-6-21(20)28-19/h1-2,5-10,17,19H,3-4,11-15H2,(H,24,26). The van der Waals surface area contributed by atoms with Crippen LogP contribution in [0.5, 0.6) is 11.5 Å². The fraction of sp³-hybridized carbons (Fsp3) is 0.409. The monoisotopic (exact) mass is 384 g/mol. The second kappa shape index (κ2) is 8.61. The van der Waals surface area contributed by atoms with Crippen molar-refractivity contribution in [1.82, 2.24) is 10.2 Å². The molecule has 1 N–H and O–H groups in total. The normalized spacial score (nSPS) is 21.9. The third kappa shape index (κ3) is 4.62. The van der Waals surface area contributed by atoms with E-state index in [0.29, 0.717) is 19.7 Å². The van der Waals surface area contributed by atoms with Crippen molar-refractivity contribution < 1.29 is 18.7 Å². The summed E-state index contributed by atoms with van der Waals surface area (Å²) in [4.78, 5) is 14.9. The van der Waals surface area contributed by atoms with Gasteiger partial charge in [-0.3, -0.25) is 9.69 Å². The summed E-state index contributed by atoms with van der Waals surface area (Å²) in [5, 5.41) is 3.02. The van der Waals surface area contributed by atoms with E-state index in [2.05, 4.69) is 10.2 Å². The molecule has 2 heterocycles. The van der Waals surface area contributed by atoms with Crippen LogP contribution in [0.4, 0.5) is 4.39 Å². The van der Waals surface area contributed by atoms with Crippen molar-refractivity contribution in [2.75, 3.05) is 26.2 Å².